The number of carbonyl (C=O) groups excluding carboxylic acids is 1. The molecular formula is C31H46O7Si. The Morgan fingerprint density at radius 1 is 1.05 bits per heavy atom. The van der Waals surface area contributed by atoms with Gasteiger partial charge in [-0.15, -0.1) is 0 Å². The van der Waals surface area contributed by atoms with Gasteiger partial charge in [-0.2, -0.15) is 0 Å². The molecule has 3 rings (SSSR count). The zero-order valence-corrected chi connectivity index (χ0v) is 25.8. The molecule has 2 aromatic carbocycles. The summed E-state index contributed by atoms with van der Waals surface area (Å²) in [6.07, 6.45) is 0.427. The van der Waals surface area contributed by atoms with Crippen LogP contribution in [0, 0.1) is 0 Å². The fraction of sp³-hybridized carbons (Fsp3) is 0.581. The van der Waals surface area contributed by atoms with Gasteiger partial charge in [0, 0.05) is 5.56 Å². The summed E-state index contributed by atoms with van der Waals surface area (Å²) in [4.78, 5) is 12.3. The van der Waals surface area contributed by atoms with Crippen LogP contribution in [0.4, 0.5) is 0 Å². The van der Waals surface area contributed by atoms with Crippen LogP contribution in [0.25, 0.3) is 0 Å². The van der Waals surface area contributed by atoms with E-state index < -0.39 is 20.2 Å². The summed E-state index contributed by atoms with van der Waals surface area (Å²) in [5, 5.41) is 0.0223. The first-order valence-corrected chi connectivity index (χ1v) is 16.6. The van der Waals surface area contributed by atoms with Gasteiger partial charge in [-0.1, -0.05) is 63.2 Å². The molecule has 2 aromatic rings. The molecule has 39 heavy (non-hydrogen) atoms. The molecule has 216 valence electrons. The summed E-state index contributed by atoms with van der Waals surface area (Å²) in [5.74, 6) is 0.542. The lowest BCUT2D eigenvalue weighted by Gasteiger charge is -2.40. The van der Waals surface area contributed by atoms with Crippen LogP contribution >= 0.6 is 0 Å². The summed E-state index contributed by atoms with van der Waals surface area (Å²) in [6.45, 7) is 13.9. The molecule has 0 amide bonds. The molecular weight excluding hydrogens is 512 g/mol. The summed E-state index contributed by atoms with van der Waals surface area (Å²) < 4.78 is 36.1. The fourth-order valence-electron chi connectivity index (χ4n) is 4.35. The highest BCUT2D eigenvalue weighted by atomic mass is 28.4. The Kier molecular flexibility index (Phi) is 10.8. The molecule has 7 nitrogen and oxygen atoms in total. The Morgan fingerprint density at radius 2 is 1.72 bits per heavy atom. The van der Waals surface area contributed by atoms with E-state index in [0.717, 1.165) is 16.9 Å². The number of hydrogen-bond donors (Lipinski definition) is 0. The Balaban J connectivity index is 1.73. The standard InChI is InChI=1S/C31H46O7Si/c1-30(2,3)39(7,8)38-26(20-28(32)34-6)18-19-31(4)27(36-29(37-31)24-12-10-9-11-13-24)22-35-21-23-14-16-25(33-5)17-15-23/h9-17,26-27,29H,18-22H2,1-8H3/t26-,27-,29-,31+/m0/s1. The SMILES string of the molecule is COC(=O)C[C@H](CC[C@@]1(C)O[C@@H](c2ccccc2)O[C@H]1COCc1ccc(OC)cc1)O[Si](C)(C)C(C)(C)C. The molecule has 4 atom stereocenters. The predicted molar refractivity (Wildman–Crippen MR) is 154 cm³/mol. The lowest BCUT2D eigenvalue weighted by Crippen LogP contribution is -2.46. The highest BCUT2D eigenvalue weighted by Gasteiger charge is 2.47. The second kappa shape index (κ2) is 13.4. The Hall–Kier alpha value is -2.23. The molecule has 1 fully saturated rings. The van der Waals surface area contributed by atoms with E-state index in [2.05, 4.69) is 40.8 Å². The number of ether oxygens (including phenoxy) is 5. The van der Waals surface area contributed by atoms with Crippen molar-refractivity contribution in [2.75, 3.05) is 20.8 Å². The predicted octanol–water partition coefficient (Wildman–Crippen LogP) is 6.82. The Labute approximate surface area is 235 Å². The lowest BCUT2D eigenvalue weighted by atomic mass is 9.91. The van der Waals surface area contributed by atoms with Crippen molar-refractivity contribution in [3.8, 4) is 5.75 Å². The summed E-state index contributed by atoms with van der Waals surface area (Å²) in [6, 6.07) is 17.8. The molecule has 0 radical (unpaired) electrons. The molecule has 0 aliphatic carbocycles. The van der Waals surface area contributed by atoms with Gasteiger partial charge in [-0.3, -0.25) is 4.79 Å². The quantitative estimate of drug-likeness (QED) is 0.197. The van der Waals surface area contributed by atoms with Gasteiger partial charge in [-0.05, 0) is 55.6 Å². The molecule has 1 saturated heterocycles. The Morgan fingerprint density at radius 3 is 2.31 bits per heavy atom. The van der Waals surface area contributed by atoms with Crippen molar-refractivity contribution >= 4 is 14.3 Å². The zero-order valence-electron chi connectivity index (χ0n) is 24.8. The molecule has 1 heterocycles. The van der Waals surface area contributed by atoms with E-state index in [4.69, 9.17) is 28.1 Å². The van der Waals surface area contributed by atoms with Crippen molar-refractivity contribution in [1.82, 2.24) is 0 Å². The second-order valence-electron chi connectivity index (χ2n) is 12.0. The first-order valence-electron chi connectivity index (χ1n) is 13.7. The van der Waals surface area contributed by atoms with E-state index in [1.165, 1.54) is 7.11 Å². The van der Waals surface area contributed by atoms with E-state index in [1.807, 2.05) is 54.6 Å². The van der Waals surface area contributed by atoms with Gasteiger partial charge in [-0.25, -0.2) is 0 Å². The van der Waals surface area contributed by atoms with Gasteiger partial charge in [0.25, 0.3) is 0 Å². The normalized spacial score (nSPS) is 22.5. The van der Waals surface area contributed by atoms with Crippen LogP contribution in [0.3, 0.4) is 0 Å². The minimum atomic E-state index is -2.11. The number of benzene rings is 2. The molecule has 0 saturated carbocycles. The molecule has 0 aromatic heterocycles. The number of methoxy groups -OCH3 is 2. The largest absolute Gasteiger partial charge is 0.497 e. The topological polar surface area (TPSA) is 72.5 Å². The minimum absolute atomic E-state index is 0.0223. The third-order valence-corrected chi connectivity index (χ3v) is 12.5. The second-order valence-corrected chi connectivity index (χ2v) is 16.7. The van der Waals surface area contributed by atoms with Gasteiger partial charge in [0.1, 0.15) is 11.9 Å². The van der Waals surface area contributed by atoms with E-state index >= 15 is 0 Å². The van der Waals surface area contributed by atoms with E-state index in [0.29, 0.717) is 26.1 Å². The van der Waals surface area contributed by atoms with Crippen LogP contribution in [0.1, 0.15) is 64.4 Å². The highest BCUT2D eigenvalue weighted by molar-refractivity contribution is 6.74. The van der Waals surface area contributed by atoms with Crippen molar-refractivity contribution in [3.63, 3.8) is 0 Å². The monoisotopic (exact) mass is 558 g/mol. The van der Waals surface area contributed by atoms with Crippen molar-refractivity contribution < 1.29 is 32.9 Å². The van der Waals surface area contributed by atoms with Gasteiger partial charge in [0.05, 0.1) is 45.6 Å². The lowest BCUT2D eigenvalue weighted by molar-refractivity contribution is -0.143. The Bertz CT molecular complexity index is 1040. The summed E-state index contributed by atoms with van der Waals surface area (Å²) in [5.41, 5.74) is 1.38. The summed E-state index contributed by atoms with van der Waals surface area (Å²) >= 11 is 0. The van der Waals surface area contributed by atoms with Gasteiger partial charge in [0.15, 0.2) is 14.6 Å². The molecule has 8 heteroatoms. The van der Waals surface area contributed by atoms with Crippen LogP contribution in [-0.4, -0.2) is 52.9 Å². The van der Waals surface area contributed by atoms with Crippen LogP contribution in [-0.2, 0) is 34.8 Å². The molecule has 0 spiro atoms. The average molecular weight is 559 g/mol. The minimum Gasteiger partial charge on any atom is -0.497 e. The third kappa shape index (κ3) is 8.62. The average Bonchev–Trinajstić information content (AvgIpc) is 3.23. The maximum Gasteiger partial charge on any atom is 0.308 e. The van der Waals surface area contributed by atoms with E-state index in [1.54, 1.807) is 7.11 Å². The first-order chi connectivity index (χ1) is 18.4. The number of rotatable bonds is 13. The first kappa shape index (κ1) is 31.3. The van der Waals surface area contributed by atoms with Crippen LogP contribution in [0.5, 0.6) is 5.75 Å². The smallest absolute Gasteiger partial charge is 0.308 e. The van der Waals surface area contributed by atoms with Gasteiger partial charge >= 0.3 is 5.97 Å². The third-order valence-electron chi connectivity index (χ3n) is 7.97. The van der Waals surface area contributed by atoms with Crippen molar-refractivity contribution in [2.24, 2.45) is 0 Å². The number of esters is 1. The zero-order chi connectivity index (χ0) is 28.7. The molecule has 0 N–H and O–H groups in total. The summed E-state index contributed by atoms with van der Waals surface area (Å²) in [7, 11) is 0.960. The van der Waals surface area contributed by atoms with Crippen LogP contribution in [0.2, 0.25) is 18.1 Å². The van der Waals surface area contributed by atoms with Crippen molar-refractivity contribution in [2.45, 2.75) is 95.8 Å². The highest BCUT2D eigenvalue weighted by Crippen LogP contribution is 2.43. The molecule has 1 aliphatic heterocycles. The van der Waals surface area contributed by atoms with Crippen LogP contribution < -0.4 is 4.74 Å². The maximum atomic E-state index is 12.3. The molecule has 1 aliphatic rings. The van der Waals surface area contributed by atoms with Crippen LogP contribution in [0.15, 0.2) is 54.6 Å². The number of carbonyl (C=O) groups is 1. The van der Waals surface area contributed by atoms with Gasteiger partial charge in [0.2, 0.25) is 0 Å². The fourth-order valence-corrected chi connectivity index (χ4v) is 5.74. The number of hydrogen-bond acceptors (Lipinski definition) is 7. The van der Waals surface area contributed by atoms with Crippen molar-refractivity contribution in [1.29, 1.82) is 0 Å². The van der Waals surface area contributed by atoms with Crippen molar-refractivity contribution in [3.05, 3.63) is 65.7 Å². The molecule has 0 bridgehead atoms. The maximum absolute atomic E-state index is 12.3. The van der Waals surface area contributed by atoms with E-state index in [-0.39, 0.29) is 29.6 Å². The van der Waals surface area contributed by atoms with E-state index in [9.17, 15) is 4.79 Å². The molecule has 0 unspecified atom stereocenters. The van der Waals surface area contributed by atoms with Gasteiger partial charge < -0.3 is 28.1 Å².